The Morgan fingerprint density at radius 3 is 2.81 bits per heavy atom. The minimum atomic E-state index is -0.801. The average Bonchev–Trinajstić information content (AvgIpc) is 2.44. The Kier molecular flexibility index (Phi) is 4.80. The number of nitrogens with zero attached hydrogens (tertiary/aromatic N) is 1. The quantitative estimate of drug-likeness (QED) is 0.807. The summed E-state index contributed by atoms with van der Waals surface area (Å²) in [5.41, 5.74) is 0.199. The van der Waals surface area contributed by atoms with Crippen LogP contribution in [-0.2, 0) is 14.3 Å². The summed E-state index contributed by atoms with van der Waals surface area (Å²) in [4.78, 5) is 25.6. The predicted octanol–water partition coefficient (Wildman–Crippen LogP) is 2.05. The van der Waals surface area contributed by atoms with Crippen molar-refractivity contribution in [2.75, 3.05) is 18.5 Å². The van der Waals surface area contributed by atoms with E-state index in [0.29, 0.717) is 13.2 Å². The number of ether oxygens (including phenoxy) is 1. The second-order valence-electron chi connectivity index (χ2n) is 4.89. The zero-order chi connectivity index (χ0) is 15.6. The van der Waals surface area contributed by atoms with Crippen LogP contribution < -0.4 is 5.32 Å². The molecule has 0 radical (unpaired) electrons. The van der Waals surface area contributed by atoms with Crippen molar-refractivity contribution in [1.29, 1.82) is 0 Å². The lowest BCUT2D eigenvalue weighted by Gasteiger charge is -2.37. The first kappa shape index (κ1) is 15.7. The number of morpholine rings is 1. The van der Waals surface area contributed by atoms with Crippen molar-refractivity contribution >= 4 is 29.1 Å². The van der Waals surface area contributed by atoms with E-state index >= 15 is 0 Å². The molecule has 1 fully saturated rings. The van der Waals surface area contributed by atoms with Crippen molar-refractivity contribution in [2.24, 2.45) is 0 Å². The molecule has 1 aliphatic heterocycles. The van der Waals surface area contributed by atoms with Gasteiger partial charge >= 0.3 is 11.8 Å². The van der Waals surface area contributed by atoms with E-state index in [4.69, 9.17) is 16.3 Å². The summed E-state index contributed by atoms with van der Waals surface area (Å²) in [7, 11) is 0. The van der Waals surface area contributed by atoms with Crippen LogP contribution in [0.25, 0.3) is 0 Å². The molecule has 0 aromatic heterocycles. The van der Waals surface area contributed by atoms with E-state index in [1.165, 1.54) is 11.0 Å². The van der Waals surface area contributed by atoms with Gasteiger partial charge in [0, 0.05) is 6.54 Å². The molecule has 1 aromatic rings. The molecular weight excluding hydrogens is 299 g/mol. The van der Waals surface area contributed by atoms with Crippen LogP contribution >= 0.6 is 11.6 Å². The zero-order valence-corrected chi connectivity index (χ0v) is 12.5. The monoisotopic (exact) mass is 314 g/mol. The third kappa shape index (κ3) is 3.51. The van der Waals surface area contributed by atoms with Crippen LogP contribution in [0.15, 0.2) is 18.2 Å². The third-order valence-electron chi connectivity index (χ3n) is 3.52. The van der Waals surface area contributed by atoms with Crippen LogP contribution in [0.1, 0.15) is 13.8 Å². The standard InChI is InChI=1S/C14H16ClFN2O3/c1-8-9(2)21-6-5-18(8)14(20)13(19)17-12-4-3-10(16)7-11(12)15/h3-4,7-9H,5-6H2,1-2H3,(H,17,19). The van der Waals surface area contributed by atoms with Gasteiger partial charge in [-0.1, -0.05) is 11.6 Å². The molecule has 2 rings (SSSR count). The molecule has 0 spiro atoms. The van der Waals surface area contributed by atoms with Crippen molar-refractivity contribution in [1.82, 2.24) is 4.90 Å². The normalized spacial score (nSPS) is 22.0. The lowest BCUT2D eigenvalue weighted by molar-refractivity contribution is -0.152. The topological polar surface area (TPSA) is 58.6 Å². The molecular formula is C14H16ClFN2O3. The van der Waals surface area contributed by atoms with Crippen molar-refractivity contribution in [3.63, 3.8) is 0 Å². The van der Waals surface area contributed by atoms with Crippen LogP contribution in [0.3, 0.4) is 0 Å². The number of carbonyl (C=O) groups is 2. The number of anilines is 1. The van der Waals surface area contributed by atoms with Gasteiger partial charge in [-0.05, 0) is 32.0 Å². The number of hydrogen-bond donors (Lipinski definition) is 1. The fourth-order valence-electron chi connectivity index (χ4n) is 2.12. The molecule has 1 heterocycles. The summed E-state index contributed by atoms with van der Waals surface area (Å²) in [6.45, 7) is 4.41. The number of benzene rings is 1. The Balaban J connectivity index is 2.07. The fourth-order valence-corrected chi connectivity index (χ4v) is 2.33. The van der Waals surface area contributed by atoms with E-state index < -0.39 is 17.6 Å². The maximum atomic E-state index is 12.9. The minimum absolute atomic E-state index is 0.0412. The summed E-state index contributed by atoms with van der Waals surface area (Å²) in [6.07, 6.45) is -0.134. The molecule has 0 saturated carbocycles. The molecule has 114 valence electrons. The summed E-state index contributed by atoms with van der Waals surface area (Å²) in [5, 5.41) is 2.44. The molecule has 21 heavy (non-hydrogen) atoms. The summed E-state index contributed by atoms with van der Waals surface area (Å²) in [5.74, 6) is -1.97. The number of amides is 2. The summed E-state index contributed by atoms with van der Waals surface area (Å²) >= 11 is 5.82. The molecule has 2 atom stereocenters. The molecule has 5 nitrogen and oxygen atoms in total. The number of nitrogens with one attached hydrogen (secondary N) is 1. The van der Waals surface area contributed by atoms with Gasteiger partial charge in [0.15, 0.2) is 0 Å². The number of rotatable bonds is 1. The van der Waals surface area contributed by atoms with Gasteiger partial charge in [0.05, 0.1) is 29.5 Å². The highest BCUT2D eigenvalue weighted by molar-refractivity contribution is 6.41. The van der Waals surface area contributed by atoms with Crippen LogP contribution in [0.4, 0.5) is 10.1 Å². The molecule has 1 aromatic carbocycles. The summed E-state index contributed by atoms with van der Waals surface area (Å²) < 4.78 is 18.4. The van der Waals surface area contributed by atoms with E-state index in [2.05, 4.69) is 5.32 Å². The molecule has 2 unspecified atom stereocenters. The number of halogens is 2. The minimum Gasteiger partial charge on any atom is -0.375 e. The van der Waals surface area contributed by atoms with Gasteiger partial charge in [-0.25, -0.2) is 4.39 Å². The SMILES string of the molecule is CC1OCCN(C(=O)C(=O)Nc2ccc(F)cc2Cl)C1C. The lowest BCUT2D eigenvalue weighted by atomic mass is 10.1. The van der Waals surface area contributed by atoms with Crippen molar-refractivity contribution in [3.05, 3.63) is 29.0 Å². The molecule has 0 bridgehead atoms. The Morgan fingerprint density at radius 1 is 1.43 bits per heavy atom. The van der Waals surface area contributed by atoms with E-state index in [1.807, 2.05) is 13.8 Å². The van der Waals surface area contributed by atoms with Crippen LogP contribution in [0, 0.1) is 5.82 Å². The summed E-state index contributed by atoms with van der Waals surface area (Å²) in [6, 6.07) is 3.35. The van der Waals surface area contributed by atoms with Crippen molar-refractivity contribution < 1.29 is 18.7 Å². The molecule has 1 saturated heterocycles. The zero-order valence-electron chi connectivity index (χ0n) is 11.7. The van der Waals surface area contributed by atoms with Crippen molar-refractivity contribution in [2.45, 2.75) is 26.0 Å². The maximum absolute atomic E-state index is 12.9. The maximum Gasteiger partial charge on any atom is 0.313 e. The first-order valence-corrected chi connectivity index (χ1v) is 6.96. The largest absolute Gasteiger partial charge is 0.375 e. The van der Waals surface area contributed by atoms with Gasteiger partial charge in [-0.3, -0.25) is 9.59 Å². The van der Waals surface area contributed by atoms with E-state index in [0.717, 1.165) is 12.1 Å². The molecule has 2 amide bonds. The van der Waals surface area contributed by atoms with Gasteiger partial charge in [-0.15, -0.1) is 0 Å². The van der Waals surface area contributed by atoms with Gasteiger partial charge in [0.2, 0.25) is 0 Å². The molecule has 1 aliphatic rings. The lowest BCUT2D eigenvalue weighted by Crippen LogP contribution is -2.54. The predicted molar refractivity (Wildman–Crippen MR) is 76.6 cm³/mol. The highest BCUT2D eigenvalue weighted by atomic mass is 35.5. The first-order valence-electron chi connectivity index (χ1n) is 6.58. The van der Waals surface area contributed by atoms with Crippen LogP contribution in [-0.4, -0.2) is 42.0 Å². The smallest absolute Gasteiger partial charge is 0.313 e. The van der Waals surface area contributed by atoms with Gasteiger partial charge in [0.25, 0.3) is 0 Å². The third-order valence-corrected chi connectivity index (χ3v) is 3.83. The number of hydrogen-bond acceptors (Lipinski definition) is 3. The Bertz CT molecular complexity index is 567. The van der Waals surface area contributed by atoms with Gasteiger partial charge in [0.1, 0.15) is 5.82 Å². The van der Waals surface area contributed by atoms with E-state index in [1.54, 1.807) is 0 Å². The Morgan fingerprint density at radius 2 is 2.14 bits per heavy atom. The van der Waals surface area contributed by atoms with E-state index in [-0.39, 0.29) is 22.9 Å². The highest BCUT2D eigenvalue weighted by Gasteiger charge is 2.32. The number of carbonyl (C=O) groups excluding carboxylic acids is 2. The molecule has 1 N–H and O–H groups in total. The van der Waals surface area contributed by atoms with Crippen LogP contribution in [0.5, 0.6) is 0 Å². The Labute approximate surface area is 127 Å². The molecule has 7 heteroatoms. The Hall–Kier alpha value is -1.66. The molecule has 0 aliphatic carbocycles. The van der Waals surface area contributed by atoms with Crippen molar-refractivity contribution in [3.8, 4) is 0 Å². The van der Waals surface area contributed by atoms with Crippen LogP contribution in [0.2, 0.25) is 5.02 Å². The van der Waals surface area contributed by atoms with Gasteiger partial charge < -0.3 is 15.0 Å². The average molecular weight is 315 g/mol. The first-order chi connectivity index (χ1) is 9.90. The second kappa shape index (κ2) is 6.41. The van der Waals surface area contributed by atoms with Gasteiger partial charge in [-0.2, -0.15) is 0 Å². The fraction of sp³-hybridized carbons (Fsp3) is 0.429. The second-order valence-corrected chi connectivity index (χ2v) is 5.30. The highest BCUT2D eigenvalue weighted by Crippen LogP contribution is 2.22. The van der Waals surface area contributed by atoms with E-state index in [9.17, 15) is 14.0 Å².